The number of benzene rings is 1. The number of nitrogens with zero attached hydrogens (tertiary/aromatic N) is 1. The Morgan fingerprint density at radius 2 is 1.74 bits per heavy atom. The van der Waals surface area contributed by atoms with Crippen molar-refractivity contribution in [3.05, 3.63) is 50.9 Å². The topological polar surface area (TPSA) is 101 Å². The molecule has 7 nitrogen and oxygen atoms in total. The van der Waals surface area contributed by atoms with Gasteiger partial charge in [0.15, 0.2) is 0 Å². The Labute approximate surface area is 132 Å². The molecule has 2 rings (SSSR count). The van der Waals surface area contributed by atoms with Crippen LogP contribution in [0.3, 0.4) is 0 Å². The molecule has 2 aromatic rings. The summed E-state index contributed by atoms with van der Waals surface area (Å²) in [5, 5.41) is 14.7. The lowest BCUT2D eigenvalue weighted by molar-refractivity contribution is -0.380. The van der Waals surface area contributed by atoms with Crippen LogP contribution in [-0.4, -0.2) is 16.7 Å². The number of hydrogen-bond acceptors (Lipinski definition) is 5. The quantitative estimate of drug-likeness (QED) is 0.659. The molecule has 1 aromatic heterocycles. The Hall–Kier alpha value is -2.88. The summed E-state index contributed by atoms with van der Waals surface area (Å²) < 4.78 is 27.2. The molecule has 0 atom stereocenters. The zero-order valence-corrected chi connectivity index (χ0v) is 12.4. The molecule has 1 aromatic carbocycles. The molecule has 0 aliphatic carbocycles. The molecular formula is C13H9F2N3O4S. The van der Waals surface area contributed by atoms with Crippen LogP contribution in [0.4, 0.5) is 25.2 Å². The third kappa shape index (κ3) is 3.86. The highest BCUT2D eigenvalue weighted by atomic mass is 32.1. The van der Waals surface area contributed by atoms with Crippen LogP contribution in [0.5, 0.6) is 0 Å². The lowest BCUT2D eigenvalue weighted by atomic mass is 10.2. The van der Waals surface area contributed by atoms with Crippen LogP contribution >= 0.6 is 11.3 Å². The lowest BCUT2D eigenvalue weighted by Gasteiger charge is -2.09. The molecule has 0 bridgehead atoms. The molecule has 10 heteroatoms. The van der Waals surface area contributed by atoms with Crippen molar-refractivity contribution < 1.29 is 23.3 Å². The van der Waals surface area contributed by atoms with Gasteiger partial charge in [0, 0.05) is 19.1 Å². The number of nitrogens with one attached hydrogen (secondary N) is 2. The second-order valence-corrected chi connectivity index (χ2v) is 5.40. The van der Waals surface area contributed by atoms with Gasteiger partial charge in [-0.25, -0.2) is 8.78 Å². The van der Waals surface area contributed by atoms with Crippen molar-refractivity contribution in [2.75, 3.05) is 10.6 Å². The van der Waals surface area contributed by atoms with Crippen LogP contribution in [-0.2, 0) is 4.79 Å². The normalized spacial score (nSPS) is 10.2. The predicted octanol–water partition coefficient (Wildman–Crippen LogP) is 3.15. The molecule has 0 fully saturated rings. The fraction of sp³-hybridized carbons (Fsp3) is 0.0769. The van der Waals surface area contributed by atoms with Crippen LogP contribution in [0.25, 0.3) is 0 Å². The van der Waals surface area contributed by atoms with Gasteiger partial charge in [0.1, 0.15) is 11.6 Å². The van der Waals surface area contributed by atoms with Crippen molar-refractivity contribution in [3.8, 4) is 0 Å². The third-order valence-corrected chi connectivity index (χ3v) is 3.65. The lowest BCUT2D eigenvalue weighted by Crippen LogP contribution is -2.13. The van der Waals surface area contributed by atoms with Gasteiger partial charge in [-0.05, 0) is 12.1 Å². The molecule has 0 aliphatic rings. The highest BCUT2D eigenvalue weighted by molar-refractivity contribution is 7.17. The molecular weight excluding hydrogens is 332 g/mol. The van der Waals surface area contributed by atoms with Crippen molar-refractivity contribution in [2.24, 2.45) is 0 Å². The summed E-state index contributed by atoms with van der Waals surface area (Å²) in [5.74, 6) is -3.40. The van der Waals surface area contributed by atoms with Crippen molar-refractivity contribution in [1.82, 2.24) is 0 Å². The number of carbonyl (C=O) groups excluding carboxylic acids is 2. The number of hydrogen-bond donors (Lipinski definition) is 2. The van der Waals surface area contributed by atoms with E-state index >= 15 is 0 Å². The number of rotatable bonds is 4. The monoisotopic (exact) mass is 341 g/mol. The minimum Gasteiger partial charge on any atom is -0.324 e. The smallest absolute Gasteiger partial charge is 0.324 e. The molecule has 0 spiro atoms. The van der Waals surface area contributed by atoms with Gasteiger partial charge < -0.3 is 10.6 Å². The van der Waals surface area contributed by atoms with E-state index in [9.17, 15) is 28.5 Å². The number of carbonyl (C=O) groups is 2. The van der Waals surface area contributed by atoms with Crippen LogP contribution in [0.2, 0.25) is 0 Å². The summed E-state index contributed by atoms with van der Waals surface area (Å²) >= 11 is 0.615. The second-order valence-electron chi connectivity index (χ2n) is 4.34. The van der Waals surface area contributed by atoms with Crippen molar-refractivity contribution >= 4 is 39.5 Å². The number of halogens is 2. The van der Waals surface area contributed by atoms with E-state index in [0.717, 1.165) is 19.1 Å². The molecule has 0 saturated carbocycles. The van der Waals surface area contributed by atoms with E-state index in [4.69, 9.17) is 0 Å². The number of anilines is 2. The van der Waals surface area contributed by atoms with Crippen LogP contribution < -0.4 is 10.6 Å². The maximum Gasteiger partial charge on any atom is 0.324 e. The fourth-order valence-corrected chi connectivity index (χ4v) is 2.38. The minimum atomic E-state index is -1.05. The van der Waals surface area contributed by atoms with Gasteiger partial charge in [0.05, 0.1) is 21.2 Å². The summed E-state index contributed by atoms with van der Waals surface area (Å²) in [6, 6.07) is 3.79. The first-order valence-electron chi connectivity index (χ1n) is 6.10. The van der Waals surface area contributed by atoms with Gasteiger partial charge in [-0.1, -0.05) is 11.3 Å². The maximum atomic E-state index is 13.7. The molecule has 23 heavy (non-hydrogen) atoms. The van der Waals surface area contributed by atoms with E-state index in [0.29, 0.717) is 17.4 Å². The Balaban J connectivity index is 2.25. The SMILES string of the molecule is CC(=O)Nc1cc(NC(=O)c2ccc([N+](=O)[O-])s2)c(F)cc1F. The first-order chi connectivity index (χ1) is 10.8. The summed E-state index contributed by atoms with van der Waals surface area (Å²) in [7, 11) is 0. The Bertz CT molecular complexity index is 807. The van der Waals surface area contributed by atoms with E-state index in [-0.39, 0.29) is 21.3 Å². The third-order valence-electron chi connectivity index (χ3n) is 2.61. The van der Waals surface area contributed by atoms with Gasteiger partial charge in [0.2, 0.25) is 5.91 Å². The molecule has 2 amide bonds. The summed E-state index contributed by atoms with van der Waals surface area (Å²) in [6.07, 6.45) is 0. The van der Waals surface area contributed by atoms with Gasteiger partial charge >= 0.3 is 5.00 Å². The summed E-state index contributed by atoms with van der Waals surface area (Å²) in [5.41, 5.74) is -0.664. The molecule has 0 radical (unpaired) electrons. The average Bonchev–Trinajstić information content (AvgIpc) is 2.93. The molecule has 1 heterocycles. The largest absolute Gasteiger partial charge is 0.324 e. The van der Waals surface area contributed by atoms with Gasteiger partial charge in [-0.2, -0.15) is 0 Å². The first kappa shape index (κ1) is 16.5. The molecule has 2 N–H and O–H groups in total. The Kier molecular flexibility index (Phi) is 4.65. The number of thiophene rings is 1. The number of amides is 2. The van der Waals surface area contributed by atoms with Crippen molar-refractivity contribution in [3.63, 3.8) is 0 Å². The zero-order chi connectivity index (χ0) is 17.1. The molecule has 0 aliphatic heterocycles. The average molecular weight is 341 g/mol. The molecule has 120 valence electrons. The molecule has 0 unspecified atom stereocenters. The van der Waals surface area contributed by atoms with Crippen LogP contribution in [0.15, 0.2) is 24.3 Å². The van der Waals surface area contributed by atoms with Gasteiger partial charge in [-0.3, -0.25) is 19.7 Å². The predicted molar refractivity (Wildman–Crippen MR) is 79.6 cm³/mol. The van der Waals surface area contributed by atoms with E-state index in [1.165, 1.54) is 6.07 Å². The van der Waals surface area contributed by atoms with Crippen LogP contribution in [0.1, 0.15) is 16.6 Å². The summed E-state index contributed by atoms with van der Waals surface area (Å²) in [6.45, 7) is 1.14. The first-order valence-corrected chi connectivity index (χ1v) is 6.92. The van der Waals surface area contributed by atoms with Gasteiger partial charge in [0.25, 0.3) is 5.91 Å². The molecule has 0 saturated heterocycles. The highest BCUT2D eigenvalue weighted by Crippen LogP contribution is 2.27. The van der Waals surface area contributed by atoms with Gasteiger partial charge in [-0.15, -0.1) is 0 Å². The highest BCUT2D eigenvalue weighted by Gasteiger charge is 2.18. The van der Waals surface area contributed by atoms with E-state index in [1.807, 2.05) is 0 Å². The Morgan fingerprint density at radius 3 is 2.26 bits per heavy atom. The van der Waals surface area contributed by atoms with Crippen LogP contribution in [0, 0.1) is 21.7 Å². The number of nitro groups is 1. The zero-order valence-electron chi connectivity index (χ0n) is 11.6. The standard InChI is InChI=1S/C13H9F2N3O4S/c1-6(19)16-9-5-10(8(15)4-7(9)14)17-13(20)11-2-3-12(23-11)18(21)22/h2-5H,1H3,(H,16,19)(H,17,20). The Morgan fingerprint density at radius 1 is 1.13 bits per heavy atom. The fourth-order valence-electron chi connectivity index (χ4n) is 1.66. The minimum absolute atomic E-state index is 0.0125. The second kappa shape index (κ2) is 6.48. The van der Waals surface area contributed by atoms with E-state index in [1.54, 1.807) is 0 Å². The maximum absolute atomic E-state index is 13.7. The van der Waals surface area contributed by atoms with Crippen molar-refractivity contribution in [2.45, 2.75) is 6.92 Å². The van der Waals surface area contributed by atoms with E-state index in [2.05, 4.69) is 10.6 Å². The summed E-state index contributed by atoms with van der Waals surface area (Å²) in [4.78, 5) is 32.8. The van der Waals surface area contributed by atoms with Crippen molar-refractivity contribution in [1.29, 1.82) is 0 Å². The van der Waals surface area contributed by atoms with E-state index < -0.39 is 28.4 Å².